The van der Waals surface area contributed by atoms with Crippen LogP contribution in [0.2, 0.25) is 0 Å². The molecule has 3 rings (SSSR count). The molecule has 3 atom stereocenters. The zero-order valence-corrected chi connectivity index (χ0v) is 15.7. The van der Waals surface area contributed by atoms with Crippen LogP contribution >= 0.6 is 15.9 Å². The van der Waals surface area contributed by atoms with E-state index < -0.39 is 5.60 Å². The summed E-state index contributed by atoms with van der Waals surface area (Å²) in [5.74, 6) is 0.0177. The van der Waals surface area contributed by atoms with Crippen molar-refractivity contribution in [1.82, 2.24) is 0 Å². The van der Waals surface area contributed by atoms with E-state index in [4.69, 9.17) is 10.5 Å². The molecule has 1 aromatic rings. The average Bonchev–Trinajstić information content (AvgIpc) is 3.15. The van der Waals surface area contributed by atoms with Crippen LogP contribution in [0.4, 0.5) is 0 Å². The van der Waals surface area contributed by atoms with Crippen molar-refractivity contribution in [3.05, 3.63) is 34.3 Å². The number of carbonyl (C=O) groups is 1. The highest BCUT2D eigenvalue weighted by molar-refractivity contribution is 9.10. The Morgan fingerprint density at radius 3 is 2.65 bits per heavy atom. The maximum absolute atomic E-state index is 12.7. The molecule has 4 heteroatoms. The van der Waals surface area contributed by atoms with Gasteiger partial charge in [-0.15, -0.1) is 0 Å². The topological polar surface area (TPSA) is 52.3 Å². The summed E-state index contributed by atoms with van der Waals surface area (Å²) in [4.78, 5) is 12.7. The zero-order chi connectivity index (χ0) is 16.8. The standard InChI is InChI=1S/C19H26BrNO2/c1-18(2,3)23-17(22)15-11-19(7-8-19)16(21)14(15)10-12-5-4-6-13(20)9-12/h4-6,9,14-16H,7-8,10-11,21H2,1-3H3. The molecule has 0 aliphatic heterocycles. The van der Waals surface area contributed by atoms with E-state index in [1.54, 1.807) is 0 Å². The van der Waals surface area contributed by atoms with E-state index in [2.05, 4.69) is 28.1 Å². The van der Waals surface area contributed by atoms with Crippen molar-refractivity contribution in [3.63, 3.8) is 0 Å². The summed E-state index contributed by atoms with van der Waals surface area (Å²) in [5, 5.41) is 0. The first kappa shape index (κ1) is 17.0. The van der Waals surface area contributed by atoms with Crippen LogP contribution in [0.25, 0.3) is 0 Å². The van der Waals surface area contributed by atoms with Gasteiger partial charge in [0, 0.05) is 10.5 Å². The number of carbonyl (C=O) groups excluding carboxylic acids is 1. The zero-order valence-electron chi connectivity index (χ0n) is 14.1. The summed E-state index contributed by atoms with van der Waals surface area (Å²) in [6.45, 7) is 5.78. The minimum atomic E-state index is -0.444. The van der Waals surface area contributed by atoms with Gasteiger partial charge in [0.1, 0.15) is 5.60 Å². The molecule has 0 heterocycles. The Bertz CT molecular complexity index is 604. The van der Waals surface area contributed by atoms with Crippen LogP contribution < -0.4 is 5.73 Å². The average molecular weight is 380 g/mol. The first-order valence-corrected chi connectivity index (χ1v) is 9.22. The van der Waals surface area contributed by atoms with Crippen LogP contribution in [0.1, 0.15) is 45.6 Å². The number of halogens is 1. The molecule has 2 fully saturated rings. The van der Waals surface area contributed by atoms with Gasteiger partial charge in [0.15, 0.2) is 0 Å². The summed E-state index contributed by atoms with van der Waals surface area (Å²) in [5.41, 5.74) is 7.55. The highest BCUT2D eigenvalue weighted by atomic mass is 79.9. The van der Waals surface area contributed by atoms with E-state index in [0.717, 1.165) is 30.2 Å². The minimum Gasteiger partial charge on any atom is -0.460 e. The molecule has 3 nitrogen and oxygen atoms in total. The van der Waals surface area contributed by atoms with E-state index >= 15 is 0 Å². The van der Waals surface area contributed by atoms with E-state index in [-0.39, 0.29) is 29.3 Å². The lowest BCUT2D eigenvalue weighted by Gasteiger charge is -2.26. The van der Waals surface area contributed by atoms with Gasteiger partial charge in [0.25, 0.3) is 0 Å². The highest BCUT2D eigenvalue weighted by Gasteiger charge is 2.60. The smallest absolute Gasteiger partial charge is 0.309 e. The number of nitrogens with two attached hydrogens (primary N) is 1. The summed E-state index contributed by atoms with van der Waals surface area (Å²) in [6.07, 6.45) is 4.04. The van der Waals surface area contributed by atoms with Crippen molar-refractivity contribution in [2.75, 3.05) is 0 Å². The van der Waals surface area contributed by atoms with Crippen LogP contribution in [-0.4, -0.2) is 17.6 Å². The van der Waals surface area contributed by atoms with Crippen molar-refractivity contribution in [3.8, 4) is 0 Å². The molecule has 0 bridgehead atoms. The molecule has 0 saturated heterocycles. The van der Waals surface area contributed by atoms with E-state index in [1.807, 2.05) is 32.9 Å². The molecule has 1 spiro atoms. The molecule has 0 radical (unpaired) electrons. The Labute approximate surface area is 147 Å². The number of ether oxygens (including phenoxy) is 1. The summed E-state index contributed by atoms with van der Waals surface area (Å²) in [6, 6.07) is 8.39. The Kier molecular flexibility index (Phi) is 4.35. The number of rotatable bonds is 3. The van der Waals surface area contributed by atoms with Gasteiger partial charge in [-0.3, -0.25) is 4.79 Å². The van der Waals surface area contributed by atoms with E-state index in [0.29, 0.717) is 0 Å². The molecular formula is C19H26BrNO2. The lowest BCUT2D eigenvalue weighted by Crippen LogP contribution is -2.38. The molecule has 2 aliphatic rings. The number of hydrogen-bond acceptors (Lipinski definition) is 3. The molecule has 126 valence electrons. The first-order valence-electron chi connectivity index (χ1n) is 8.43. The van der Waals surface area contributed by atoms with Crippen LogP contribution in [0.3, 0.4) is 0 Å². The number of esters is 1. The molecular weight excluding hydrogens is 354 g/mol. The molecule has 2 N–H and O–H groups in total. The molecule has 23 heavy (non-hydrogen) atoms. The first-order chi connectivity index (χ1) is 10.7. The Hall–Kier alpha value is -0.870. The minimum absolute atomic E-state index is 0.0725. The fraction of sp³-hybridized carbons (Fsp3) is 0.632. The summed E-state index contributed by atoms with van der Waals surface area (Å²) in [7, 11) is 0. The van der Waals surface area contributed by atoms with Gasteiger partial charge < -0.3 is 10.5 Å². The molecule has 2 aliphatic carbocycles. The Morgan fingerprint density at radius 2 is 2.09 bits per heavy atom. The monoisotopic (exact) mass is 379 g/mol. The van der Waals surface area contributed by atoms with Gasteiger partial charge in [0.2, 0.25) is 0 Å². The highest BCUT2D eigenvalue weighted by Crippen LogP contribution is 2.61. The summed E-state index contributed by atoms with van der Waals surface area (Å²) >= 11 is 3.52. The maximum atomic E-state index is 12.7. The van der Waals surface area contributed by atoms with Crippen molar-refractivity contribution in [2.45, 2.75) is 58.1 Å². The fourth-order valence-electron chi connectivity index (χ4n) is 3.97. The van der Waals surface area contributed by atoms with E-state index in [1.165, 1.54) is 5.56 Å². The SMILES string of the molecule is CC(C)(C)OC(=O)C1CC2(CC2)C(N)C1Cc1cccc(Br)c1. The van der Waals surface area contributed by atoms with Gasteiger partial charge in [-0.1, -0.05) is 28.1 Å². The third kappa shape index (κ3) is 3.63. The van der Waals surface area contributed by atoms with Crippen molar-refractivity contribution in [1.29, 1.82) is 0 Å². The number of hydrogen-bond donors (Lipinski definition) is 1. The third-order valence-electron chi connectivity index (χ3n) is 5.27. The second-order valence-corrected chi connectivity index (χ2v) is 9.15. The van der Waals surface area contributed by atoms with Crippen molar-refractivity contribution >= 4 is 21.9 Å². The van der Waals surface area contributed by atoms with Gasteiger partial charge in [-0.25, -0.2) is 0 Å². The lowest BCUT2D eigenvalue weighted by atomic mass is 9.86. The third-order valence-corrected chi connectivity index (χ3v) is 5.77. The second kappa shape index (κ2) is 5.89. The fourth-order valence-corrected chi connectivity index (χ4v) is 4.42. The molecule has 3 unspecified atom stereocenters. The predicted molar refractivity (Wildman–Crippen MR) is 94.9 cm³/mol. The maximum Gasteiger partial charge on any atom is 0.309 e. The van der Waals surface area contributed by atoms with Crippen molar-refractivity contribution < 1.29 is 9.53 Å². The molecule has 2 saturated carbocycles. The Morgan fingerprint density at radius 1 is 1.39 bits per heavy atom. The van der Waals surface area contributed by atoms with Crippen LogP contribution in [0.15, 0.2) is 28.7 Å². The quantitative estimate of drug-likeness (QED) is 0.804. The normalized spacial score (nSPS) is 28.8. The second-order valence-electron chi connectivity index (χ2n) is 8.23. The van der Waals surface area contributed by atoms with Gasteiger partial charge >= 0.3 is 5.97 Å². The van der Waals surface area contributed by atoms with Gasteiger partial charge in [-0.05, 0) is 75.5 Å². The molecule has 0 amide bonds. The van der Waals surface area contributed by atoms with Crippen LogP contribution in [-0.2, 0) is 16.0 Å². The summed E-state index contributed by atoms with van der Waals surface area (Å²) < 4.78 is 6.75. The Balaban J connectivity index is 1.80. The molecule has 1 aromatic carbocycles. The predicted octanol–water partition coefficient (Wildman–Crippen LogP) is 4.08. The van der Waals surface area contributed by atoms with E-state index in [9.17, 15) is 4.79 Å². The van der Waals surface area contributed by atoms with Crippen LogP contribution in [0, 0.1) is 17.3 Å². The van der Waals surface area contributed by atoms with Crippen molar-refractivity contribution in [2.24, 2.45) is 23.0 Å². The largest absolute Gasteiger partial charge is 0.460 e. The van der Waals surface area contributed by atoms with Crippen LogP contribution in [0.5, 0.6) is 0 Å². The molecule has 0 aromatic heterocycles. The van der Waals surface area contributed by atoms with Gasteiger partial charge in [-0.2, -0.15) is 0 Å². The lowest BCUT2D eigenvalue weighted by molar-refractivity contribution is -0.161. The van der Waals surface area contributed by atoms with Gasteiger partial charge in [0.05, 0.1) is 5.92 Å². The number of benzene rings is 1.